The second-order valence-electron chi connectivity index (χ2n) is 13.5. The van der Waals surface area contributed by atoms with Crippen molar-refractivity contribution in [2.24, 2.45) is 0 Å². The molecule has 2 heterocycles. The van der Waals surface area contributed by atoms with Gasteiger partial charge in [0.15, 0.2) is 18.3 Å². The van der Waals surface area contributed by atoms with Crippen molar-refractivity contribution in [1.82, 2.24) is 4.72 Å². The van der Waals surface area contributed by atoms with E-state index in [0.29, 0.717) is 6.42 Å². The van der Waals surface area contributed by atoms with E-state index in [1.165, 1.54) is 0 Å². The summed E-state index contributed by atoms with van der Waals surface area (Å²) in [5.41, 5.74) is -0.533. The zero-order valence-electron chi connectivity index (χ0n) is 29.7. The van der Waals surface area contributed by atoms with Gasteiger partial charge in [-0.15, -0.1) is 16.5 Å². The van der Waals surface area contributed by atoms with Crippen molar-refractivity contribution in [2.45, 2.75) is 79.5 Å². The predicted octanol–water partition coefficient (Wildman–Crippen LogP) is 5.24. The smallest absolute Gasteiger partial charge is 0.338 e. The number of benzene rings is 3. The molecule has 2 aliphatic rings. The van der Waals surface area contributed by atoms with Gasteiger partial charge >= 0.3 is 17.9 Å². The number of thioether (sulfide) groups is 1. The van der Waals surface area contributed by atoms with Crippen molar-refractivity contribution in [3.63, 3.8) is 0 Å². The third-order valence-corrected chi connectivity index (χ3v) is 11.8. The fraction of sp³-hybridized carbons (Fsp3) is 0.395. The molecule has 5 rings (SSSR count). The molecule has 53 heavy (non-hydrogen) atoms. The molecule has 12 nitrogen and oxygen atoms in total. The third kappa shape index (κ3) is 11.4. The number of rotatable bonds is 11. The topological polar surface area (TPSA) is 167 Å². The van der Waals surface area contributed by atoms with Gasteiger partial charge in [0.25, 0.3) is 10.1 Å². The largest absolute Gasteiger partial charge is 0.598 e. The van der Waals surface area contributed by atoms with Crippen LogP contribution in [0.15, 0.2) is 103 Å². The van der Waals surface area contributed by atoms with Crippen LogP contribution in [-0.2, 0) is 44.6 Å². The van der Waals surface area contributed by atoms with Gasteiger partial charge in [-0.25, -0.2) is 14.4 Å². The number of nitrogens with one attached hydrogen (secondary N) is 1. The van der Waals surface area contributed by atoms with Crippen LogP contribution in [0, 0.1) is 0 Å². The van der Waals surface area contributed by atoms with Crippen molar-refractivity contribution in [3.8, 4) is 0 Å². The highest BCUT2D eigenvalue weighted by Gasteiger charge is 2.56. The molecule has 0 aromatic heterocycles. The zero-order chi connectivity index (χ0) is 38.2. The van der Waals surface area contributed by atoms with E-state index in [-0.39, 0.29) is 29.7 Å². The first-order valence-corrected chi connectivity index (χ1v) is 20.9. The third-order valence-electron chi connectivity index (χ3n) is 8.25. The number of ether oxygens (including phenoxy) is 4. The Balaban J connectivity index is 1.65. The van der Waals surface area contributed by atoms with E-state index < -0.39 is 85.3 Å². The Labute approximate surface area is 317 Å². The monoisotopic (exact) mass is 785 g/mol. The van der Waals surface area contributed by atoms with Crippen LogP contribution >= 0.6 is 11.8 Å². The van der Waals surface area contributed by atoms with Crippen molar-refractivity contribution in [1.29, 1.82) is 0 Å². The summed E-state index contributed by atoms with van der Waals surface area (Å²) in [6.07, 6.45) is -0.243. The summed E-state index contributed by atoms with van der Waals surface area (Å²) in [5, 5.41) is -0.549. The lowest BCUT2D eigenvalue weighted by Gasteiger charge is -2.47. The second kappa shape index (κ2) is 18.1. The van der Waals surface area contributed by atoms with Crippen LogP contribution in [0.5, 0.6) is 0 Å². The highest BCUT2D eigenvalue weighted by atomic mass is 32.2. The molecule has 3 aromatic carbocycles. The van der Waals surface area contributed by atoms with Gasteiger partial charge < -0.3 is 23.5 Å². The fourth-order valence-electron chi connectivity index (χ4n) is 5.57. The minimum atomic E-state index is -3.83. The molecule has 2 aliphatic heterocycles. The lowest BCUT2D eigenvalue weighted by Crippen LogP contribution is -2.66. The van der Waals surface area contributed by atoms with Gasteiger partial charge in [-0.05, 0) is 70.0 Å². The Morgan fingerprint density at radius 2 is 1.23 bits per heavy atom. The highest BCUT2D eigenvalue weighted by Crippen LogP contribution is 2.40. The number of hydrogen-bond acceptors (Lipinski definition) is 13. The molecule has 2 unspecified atom stereocenters. The van der Waals surface area contributed by atoms with E-state index in [0.717, 1.165) is 18.0 Å². The van der Waals surface area contributed by atoms with Crippen molar-refractivity contribution < 1.29 is 50.5 Å². The molecule has 0 saturated carbocycles. The Morgan fingerprint density at radius 3 is 1.70 bits per heavy atom. The van der Waals surface area contributed by atoms with Gasteiger partial charge in [0.2, 0.25) is 0 Å². The summed E-state index contributed by atoms with van der Waals surface area (Å²) in [7, 11) is -3.83. The minimum Gasteiger partial charge on any atom is -0.598 e. The lowest BCUT2D eigenvalue weighted by atomic mass is 9.92. The van der Waals surface area contributed by atoms with Gasteiger partial charge in [-0.1, -0.05) is 66.7 Å². The molecule has 1 saturated heterocycles. The first kappa shape index (κ1) is 40.5. The van der Waals surface area contributed by atoms with Crippen LogP contribution in [0.2, 0.25) is 0 Å². The molecule has 1 N–H and O–H groups in total. The maximum atomic E-state index is 13.9. The molecule has 0 amide bonds. The molecule has 1 fully saturated rings. The summed E-state index contributed by atoms with van der Waals surface area (Å²) in [5.74, 6) is -2.31. The van der Waals surface area contributed by atoms with Crippen LogP contribution in [0.25, 0.3) is 0 Å². The molecule has 0 aliphatic carbocycles. The summed E-state index contributed by atoms with van der Waals surface area (Å²) in [6.45, 7) is 5.16. The van der Waals surface area contributed by atoms with Crippen molar-refractivity contribution in [2.75, 3.05) is 12.9 Å². The van der Waals surface area contributed by atoms with Gasteiger partial charge in [0.05, 0.1) is 35.6 Å². The van der Waals surface area contributed by atoms with Crippen LogP contribution in [0.4, 0.5) is 0 Å². The highest BCUT2D eigenvalue weighted by molar-refractivity contribution is 8.00. The zero-order valence-corrected chi connectivity index (χ0v) is 32.1. The summed E-state index contributed by atoms with van der Waals surface area (Å²) < 4.78 is 70.7. The maximum absolute atomic E-state index is 13.9. The predicted molar refractivity (Wildman–Crippen MR) is 201 cm³/mol. The Hall–Kier alpha value is -3.70. The molecular formula is C38H43NO11S3. The average molecular weight is 786 g/mol. The standard InChI is InChI=1S/C38H43NO11S3/c1-38(2,3)52(43)39-29-23-15-14-22-28(24-46-53(4,44)45)51-37-33(49-36(42)27-20-12-7-13-21-27)32(48-35(41)26-18-10-6-11-19-26)31(30(29)50-37)47-34(40)25-16-8-5-9-17-25/h5-21,28-33,37,39H,22-24H2,1-4H3/t28?,29-,30-,31+,32+,33-,37-,52?/m1/s1. The van der Waals surface area contributed by atoms with Crippen molar-refractivity contribution in [3.05, 3.63) is 120 Å². The Kier molecular flexibility index (Phi) is 13.8. The summed E-state index contributed by atoms with van der Waals surface area (Å²) >= 11 is -0.513. The van der Waals surface area contributed by atoms with Crippen LogP contribution < -0.4 is 4.72 Å². The van der Waals surface area contributed by atoms with Gasteiger partial charge in [-0.2, -0.15) is 8.42 Å². The lowest BCUT2D eigenvalue weighted by molar-refractivity contribution is -0.205. The second-order valence-corrected chi connectivity index (χ2v) is 18.5. The Bertz CT molecular complexity index is 1820. The van der Waals surface area contributed by atoms with E-state index in [9.17, 15) is 27.4 Å². The van der Waals surface area contributed by atoms with E-state index in [4.69, 9.17) is 23.1 Å². The number of hydrogen-bond donors (Lipinski definition) is 1. The molecular weight excluding hydrogens is 743 g/mol. The molecule has 0 spiro atoms. The van der Waals surface area contributed by atoms with Gasteiger partial charge in [0.1, 0.15) is 16.3 Å². The van der Waals surface area contributed by atoms with Crippen LogP contribution in [0.3, 0.4) is 0 Å². The summed E-state index contributed by atoms with van der Waals surface area (Å²) in [6, 6.07) is 23.8. The SMILES string of the molecule is CC(C)(C)[S+]([O-])N[C@@H]1CC=CCC(COS(C)(=O)=O)S[C@H]2O[C@H]1[C@H](OC(=O)c1ccccc1)[C@H](OC(=O)c1ccccc1)[C@H]2OC(=O)c1ccccc1. The fourth-order valence-corrected chi connectivity index (χ4v) is 8.23. The van der Waals surface area contributed by atoms with Gasteiger partial charge in [0, 0.05) is 16.6 Å². The van der Waals surface area contributed by atoms with E-state index >= 15 is 0 Å². The molecule has 3 aromatic rings. The van der Waals surface area contributed by atoms with Gasteiger partial charge in [-0.3, -0.25) is 4.18 Å². The van der Waals surface area contributed by atoms with Crippen LogP contribution in [-0.4, -0.2) is 89.6 Å². The molecule has 15 heteroatoms. The van der Waals surface area contributed by atoms with E-state index in [1.807, 2.05) is 12.2 Å². The minimum absolute atomic E-state index is 0.188. The molecule has 0 radical (unpaired) electrons. The Morgan fingerprint density at radius 1 is 0.774 bits per heavy atom. The normalized spacial score (nSPS) is 25.4. The molecule has 284 valence electrons. The van der Waals surface area contributed by atoms with E-state index in [2.05, 4.69) is 4.72 Å². The number of carbonyl (C=O) groups excluding carboxylic acids is 3. The molecule has 8 atom stereocenters. The quantitative estimate of drug-likeness (QED) is 0.0883. The first-order chi connectivity index (χ1) is 25.2. The first-order valence-electron chi connectivity index (χ1n) is 17.0. The number of allylic oxidation sites excluding steroid dienone is 1. The number of esters is 3. The summed E-state index contributed by atoms with van der Waals surface area (Å²) in [4.78, 5) is 41.4. The molecule has 2 bridgehead atoms. The van der Waals surface area contributed by atoms with Crippen LogP contribution in [0.1, 0.15) is 64.7 Å². The number of fused-ring (bicyclic) bond motifs is 2. The number of carbonyl (C=O) groups is 3. The van der Waals surface area contributed by atoms with E-state index in [1.54, 1.807) is 112 Å². The average Bonchev–Trinajstić information content (AvgIpc) is 3.13. The maximum Gasteiger partial charge on any atom is 0.338 e. The van der Waals surface area contributed by atoms with Crippen molar-refractivity contribution >= 4 is 51.1 Å².